The molecule has 748 valence electrons. The summed E-state index contributed by atoms with van der Waals surface area (Å²) in [5.74, 6) is -6.24. The molecule has 5 aliphatic heterocycles. The third-order valence-corrected chi connectivity index (χ3v) is 26.8. The Morgan fingerprint density at radius 3 is 0.867 bits per heavy atom. The first-order valence-electron chi connectivity index (χ1n) is 44.7. The normalized spacial score (nSPS) is 17.1. The van der Waals surface area contributed by atoms with Crippen LogP contribution in [-0.2, 0) is 111 Å². The zero-order valence-corrected chi connectivity index (χ0v) is 84.6. The standard InChI is InChI=1S/C23H24ClNO5.C22H19ClF3NO3.C22H22ClNO3.C21H18Cl2FNO3.C21H18ClF2NO3/c1-14-22(18(12-21(26)25(14)2)16-6-8-17(24)9-7-16)23(27)30-13-15-5-10-19(28-3)20(11-15)29-4;1-13-20(18(11-19(28)27(13)2)15-5-9-17(23)10-6-15)21(29)30-12-14-3-7-16(8-4-14)22(24,25)26;1-14-4-6-16(7-5-14)13-27-22(26)21-15(2)24(3)20(25)12-19(21)17-8-10-18(23)11-9-17;1-12-20(21(27)28-11-14-5-8-16(24)9-18(14)23)17(10-19(26)25(12)2)13-3-6-15(22)7-4-13;1-12-20(21(27)28-11-16-17(23)4-3-5-18(16)24)15(10-19(26)25(12)2)13-6-8-14(22)9-7-13/h5-11,18H,12-13H2,1-4H3;3-10,18H,11-12H2,1-2H3;4-11,19H,12-13H2,1-3H3;3-9,17H,10-11H2,1-2H3;3-9,15H,10-11H2,1-2H3. The Morgan fingerprint density at radius 1 is 0.322 bits per heavy atom. The van der Waals surface area contributed by atoms with Crippen molar-refractivity contribution in [3.05, 3.63) is 395 Å². The molecule has 0 bridgehead atoms. The summed E-state index contributed by atoms with van der Waals surface area (Å²) in [6.07, 6.45) is -3.69. The summed E-state index contributed by atoms with van der Waals surface area (Å²) in [5.41, 5.74) is 11.4. The number of carbonyl (C=O) groups is 10. The molecular weight excluding hydrogens is 1980 g/mol. The predicted molar refractivity (Wildman–Crippen MR) is 530 cm³/mol. The number of alkyl halides is 3. The topological polar surface area (TPSA) is 252 Å². The third kappa shape index (κ3) is 27.9. The van der Waals surface area contributed by atoms with Gasteiger partial charge in [-0.25, -0.2) is 37.1 Å². The van der Waals surface area contributed by atoms with Gasteiger partial charge >= 0.3 is 36.0 Å². The Labute approximate surface area is 853 Å². The van der Waals surface area contributed by atoms with Gasteiger partial charge in [0, 0.05) is 156 Å². The number of hydrogen-bond donors (Lipinski definition) is 0. The number of benzene rings is 10. The van der Waals surface area contributed by atoms with E-state index in [-0.39, 0.29) is 116 Å². The van der Waals surface area contributed by atoms with Crippen LogP contribution in [0.1, 0.15) is 163 Å². The van der Waals surface area contributed by atoms with Gasteiger partial charge in [-0.2, -0.15) is 13.2 Å². The van der Waals surface area contributed by atoms with E-state index in [0.29, 0.717) is 98.5 Å². The van der Waals surface area contributed by atoms with Crippen LogP contribution in [0.15, 0.2) is 281 Å². The zero-order valence-electron chi connectivity index (χ0n) is 80.0. The summed E-state index contributed by atoms with van der Waals surface area (Å²) in [6, 6.07) is 60.1. The van der Waals surface area contributed by atoms with Crippen molar-refractivity contribution in [2.24, 2.45) is 0 Å². The summed E-state index contributed by atoms with van der Waals surface area (Å²) in [7, 11) is 11.2. The van der Waals surface area contributed by atoms with Crippen LogP contribution in [0.25, 0.3) is 0 Å². The van der Waals surface area contributed by atoms with Gasteiger partial charge in [0.25, 0.3) is 0 Å². The van der Waals surface area contributed by atoms with Gasteiger partial charge in [0.2, 0.25) is 29.5 Å². The lowest BCUT2D eigenvalue weighted by molar-refractivity contribution is -0.143. The molecule has 0 fully saturated rings. The molecule has 22 nitrogen and oxygen atoms in total. The third-order valence-electron chi connectivity index (χ3n) is 25.2. The van der Waals surface area contributed by atoms with Crippen LogP contribution in [0.5, 0.6) is 11.5 Å². The number of halogens is 12. The molecule has 0 radical (unpaired) electrons. The molecular formula is C109H101Cl6F6N5O17. The molecule has 15 rings (SSSR count). The van der Waals surface area contributed by atoms with Crippen LogP contribution in [0.3, 0.4) is 0 Å². The average Bonchev–Trinajstić information content (AvgIpc) is 0.797. The van der Waals surface area contributed by atoms with Gasteiger partial charge in [-0.05, 0) is 195 Å². The minimum Gasteiger partial charge on any atom is -0.493 e. The highest BCUT2D eigenvalue weighted by Crippen LogP contribution is 2.45. The van der Waals surface area contributed by atoms with Crippen molar-refractivity contribution < 1.29 is 107 Å². The number of hydrogen-bond acceptors (Lipinski definition) is 17. The highest BCUT2D eigenvalue weighted by atomic mass is 35.5. The Balaban J connectivity index is 0.000000171. The van der Waals surface area contributed by atoms with Gasteiger partial charge in [-0.1, -0.05) is 190 Å². The molecule has 5 aliphatic rings. The number of rotatable bonds is 22. The number of amides is 5. The van der Waals surface area contributed by atoms with Crippen molar-refractivity contribution in [2.45, 2.75) is 142 Å². The van der Waals surface area contributed by atoms with E-state index in [0.717, 1.165) is 68.8 Å². The number of carbonyl (C=O) groups excluding carboxylic acids is 10. The fourth-order valence-electron chi connectivity index (χ4n) is 16.4. The summed E-state index contributed by atoms with van der Waals surface area (Å²) in [6.45, 7) is 10.0. The lowest BCUT2D eigenvalue weighted by atomic mass is 9.84. The number of esters is 5. The Kier molecular flexibility index (Phi) is 38.0. The van der Waals surface area contributed by atoms with Crippen molar-refractivity contribution in [3.8, 4) is 11.5 Å². The van der Waals surface area contributed by atoms with E-state index in [1.54, 1.807) is 193 Å². The van der Waals surface area contributed by atoms with Gasteiger partial charge < -0.3 is 57.7 Å². The maximum absolute atomic E-state index is 13.8. The first kappa shape index (κ1) is 110. The molecule has 143 heavy (non-hydrogen) atoms. The second-order valence-corrected chi connectivity index (χ2v) is 36.6. The largest absolute Gasteiger partial charge is 0.493 e. The average molecular weight is 2080 g/mol. The molecule has 0 aliphatic carbocycles. The molecule has 5 atom stereocenters. The molecule has 10 aromatic carbocycles. The van der Waals surface area contributed by atoms with Crippen LogP contribution in [0.2, 0.25) is 30.1 Å². The quantitative estimate of drug-likeness (QED) is 0.0347. The van der Waals surface area contributed by atoms with E-state index >= 15 is 0 Å². The first-order chi connectivity index (χ1) is 67.9. The molecule has 0 saturated carbocycles. The van der Waals surface area contributed by atoms with E-state index in [2.05, 4.69) is 0 Å². The van der Waals surface area contributed by atoms with Gasteiger partial charge in [0.05, 0.1) is 58.2 Å². The summed E-state index contributed by atoms with van der Waals surface area (Å²) >= 11 is 35.8. The van der Waals surface area contributed by atoms with E-state index in [1.165, 1.54) is 60.9 Å². The minimum atomic E-state index is -4.43. The van der Waals surface area contributed by atoms with Crippen LogP contribution in [0, 0.1) is 24.4 Å². The lowest BCUT2D eigenvalue weighted by Gasteiger charge is -2.32. The second-order valence-electron chi connectivity index (χ2n) is 34.0. The second kappa shape index (κ2) is 49.5. The smallest absolute Gasteiger partial charge is 0.416 e. The van der Waals surface area contributed by atoms with E-state index in [1.807, 2.05) is 61.5 Å². The molecule has 5 amide bonds. The SMILES string of the molecule is CC1=C(C(=O)OCc2c(F)cccc2F)C(c2ccc(Cl)cc2)CC(=O)N1C.CC1=C(C(=O)OCc2ccc(C(F)(F)F)cc2)C(c2ccc(Cl)cc2)CC(=O)N1C.CC1=C(C(=O)OCc2ccc(C)cc2)C(c2ccc(Cl)cc2)CC(=O)N1C.CC1=C(C(=O)OCc2ccc(F)cc2Cl)C(c2ccc(Cl)cc2)CC(=O)N1C.COc1ccc(COC(=O)C2=C(C)N(C)C(=O)CC2c2ccc(Cl)cc2)cc1OC. The minimum absolute atomic E-state index is 0.0254. The van der Waals surface area contributed by atoms with Crippen LogP contribution >= 0.6 is 69.6 Å². The molecule has 5 unspecified atom stereocenters. The van der Waals surface area contributed by atoms with Crippen LogP contribution in [-0.4, -0.2) is 133 Å². The Bertz CT molecular complexity index is 6580. The van der Waals surface area contributed by atoms with Gasteiger partial charge in [0.15, 0.2) is 11.5 Å². The fraction of sp³-hybridized carbons (Fsp3) is 0.266. The highest BCUT2D eigenvalue weighted by Gasteiger charge is 2.42. The predicted octanol–water partition coefficient (Wildman–Crippen LogP) is 23.9. The van der Waals surface area contributed by atoms with Gasteiger partial charge in [0.1, 0.15) is 50.5 Å². The van der Waals surface area contributed by atoms with Crippen molar-refractivity contribution in [1.29, 1.82) is 0 Å². The Morgan fingerprint density at radius 2 is 0.587 bits per heavy atom. The lowest BCUT2D eigenvalue weighted by Crippen LogP contribution is -2.35. The molecule has 0 spiro atoms. The molecule has 5 heterocycles. The number of methoxy groups -OCH3 is 2. The number of aryl methyl sites for hydroxylation is 1. The molecule has 34 heteroatoms. The van der Waals surface area contributed by atoms with Crippen LogP contribution < -0.4 is 9.47 Å². The van der Waals surface area contributed by atoms with Gasteiger partial charge in [-0.3, -0.25) is 24.0 Å². The maximum atomic E-state index is 13.8. The number of ether oxygens (including phenoxy) is 7. The molecule has 0 N–H and O–H groups in total. The highest BCUT2D eigenvalue weighted by molar-refractivity contribution is 6.32. The summed E-state index contributed by atoms with van der Waals surface area (Å²) in [4.78, 5) is 134. The van der Waals surface area contributed by atoms with Gasteiger partial charge in [-0.15, -0.1) is 0 Å². The Hall–Kier alpha value is -13.5. The van der Waals surface area contributed by atoms with Crippen LogP contribution in [0.4, 0.5) is 26.3 Å². The molecule has 0 saturated heterocycles. The number of allylic oxidation sites excluding steroid dienone is 5. The van der Waals surface area contributed by atoms with E-state index in [4.69, 9.17) is 103 Å². The first-order valence-corrected chi connectivity index (χ1v) is 46.9. The van der Waals surface area contributed by atoms with E-state index in [9.17, 15) is 74.3 Å². The number of nitrogens with zero attached hydrogens (tertiary/aromatic N) is 5. The summed E-state index contributed by atoms with van der Waals surface area (Å²) < 4.78 is 117. The van der Waals surface area contributed by atoms with E-state index < -0.39 is 83.4 Å². The summed E-state index contributed by atoms with van der Waals surface area (Å²) in [5, 5.41) is 3.02. The van der Waals surface area contributed by atoms with Crippen molar-refractivity contribution >= 4 is 129 Å². The molecule has 10 aromatic rings. The zero-order chi connectivity index (χ0) is 104. The monoisotopic (exact) mass is 2080 g/mol. The van der Waals surface area contributed by atoms with Crippen molar-refractivity contribution in [2.75, 3.05) is 49.5 Å². The van der Waals surface area contributed by atoms with Crippen molar-refractivity contribution in [3.63, 3.8) is 0 Å². The maximum Gasteiger partial charge on any atom is 0.416 e. The fourth-order valence-corrected chi connectivity index (χ4v) is 17.2. The molecule has 0 aromatic heterocycles. The van der Waals surface area contributed by atoms with Crippen molar-refractivity contribution in [1.82, 2.24) is 24.5 Å².